The molecule has 1 amide bonds. The first kappa shape index (κ1) is 13.2. The van der Waals surface area contributed by atoms with Crippen LogP contribution in [-0.4, -0.2) is 35.9 Å². The summed E-state index contributed by atoms with van der Waals surface area (Å²) < 4.78 is 6.32. The topological polar surface area (TPSA) is 99.2 Å². The number of hydrogen-bond acceptors (Lipinski definition) is 5. The minimum absolute atomic E-state index is 0.0988. The molecule has 0 bridgehead atoms. The zero-order chi connectivity index (χ0) is 12.7. The van der Waals surface area contributed by atoms with Crippen LogP contribution in [0.5, 0.6) is 5.75 Å². The lowest BCUT2D eigenvalue weighted by Gasteiger charge is -2.06. The zero-order valence-corrected chi connectivity index (χ0v) is 9.68. The number of amides is 1. The van der Waals surface area contributed by atoms with Crippen LogP contribution in [0.15, 0.2) is 17.1 Å². The van der Waals surface area contributed by atoms with E-state index in [2.05, 4.69) is 10.4 Å². The van der Waals surface area contributed by atoms with Gasteiger partial charge >= 0.3 is 0 Å². The Morgan fingerprint density at radius 2 is 2.41 bits per heavy atom. The molecule has 0 aliphatic rings. The van der Waals surface area contributed by atoms with Gasteiger partial charge in [-0.2, -0.15) is 5.10 Å². The van der Waals surface area contributed by atoms with Gasteiger partial charge in [-0.05, 0) is 13.0 Å². The van der Waals surface area contributed by atoms with Crippen LogP contribution < -0.4 is 21.3 Å². The summed E-state index contributed by atoms with van der Waals surface area (Å²) in [5, 5.41) is 6.25. The number of nitrogens with zero attached hydrogens (tertiary/aromatic N) is 2. The molecule has 0 aliphatic carbocycles. The Morgan fingerprint density at radius 1 is 1.65 bits per heavy atom. The predicted molar refractivity (Wildman–Crippen MR) is 61.7 cm³/mol. The maximum atomic E-state index is 11.5. The van der Waals surface area contributed by atoms with E-state index in [4.69, 9.17) is 10.5 Å². The van der Waals surface area contributed by atoms with Crippen molar-refractivity contribution in [3.63, 3.8) is 0 Å². The summed E-state index contributed by atoms with van der Waals surface area (Å²) in [6.07, 6.45) is 2.11. The molecule has 0 aromatic carbocycles. The lowest BCUT2D eigenvalue weighted by molar-refractivity contribution is -0.121. The molecule has 7 heteroatoms. The number of rotatable bonds is 6. The fourth-order valence-corrected chi connectivity index (χ4v) is 1.10. The SMILES string of the molecule is CNC(=O)Cn1ncc(OCCCN)cc1=O. The molecule has 0 saturated carbocycles. The maximum Gasteiger partial charge on any atom is 0.270 e. The van der Waals surface area contributed by atoms with Crippen LogP contribution in [0.4, 0.5) is 0 Å². The van der Waals surface area contributed by atoms with Gasteiger partial charge in [-0.15, -0.1) is 0 Å². The van der Waals surface area contributed by atoms with Crippen molar-refractivity contribution >= 4 is 5.91 Å². The van der Waals surface area contributed by atoms with E-state index in [0.717, 1.165) is 4.68 Å². The van der Waals surface area contributed by atoms with E-state index in [1.54, 1.807) is 0 Å². The van der Waals surface area contributed by atoms with Crippen molar-refractivity contribution in [1.29, 1.82) is 0 Å². The van der Waals surface area contributed by atoms with Gasteiger partial charge in [0.2, 0.25) is 5.91 Å². The van der Waals surface area contributed by atoms with Gasteiger partial charge in [0.05, 0.1) is 12.8 Å². The number of aromatic nitrogens is 2. The molecule has 0 aliphatic heterocycles. The number of ether oxygens (including phenoxy) is 1. The summed E-state index contributed by atoms with van der Waals surface area (Å²) in [5.41, 5.74) is 4.93. The fourth-order valence-electron chi connectivity index (χ4n) is 1.10. The third kappa shape index (κ3) is 4.23. The van der Waals surface area contributed by atoms with Crippen molar-refractivity contribution in [2.24, 2.45) is 5.73 Å². The number of carbonyl (C=O) groups excluding carboxylic acids is 1. The van der Waals surface area contributed by atoms with Crippen LogP contribution in [0.25, 0.3) is 0 Å². The molecule has 94 valence electrons. The third-order valence-electron chi connectivity index (χ3n) is 2.03. The minimum Gasteiger partial charge on any atom is -0.492 e. The van der Waals surface area contributed by atoms with Crippen molar-refractivity contribution in [3.8, 4) is 5.75 Å². The molecular weight excluding hydrogens is 224 g/mol. The zero-order valence-electron chi connectivity index (χ0n) is 9.68. The van der Waals surface area contributed by atoms with Gasteiger partial charge in [0.25, 0.3) is 5.56 Å². The van der Waals surface area contributed by atoms with Crippen LogP contribution in [0.3, 0.4) is 0 Å². The van der Waals surface area contributed by atoms with Crippen molar-refractivity contribution in [3.05, 3.63) is 22.6 Å². The number of hydrogen-bond donors (Lipinski definition) is 2. The Morgan fingerprint density at radius 3 is 3.00 bits per heavy atom. The first-order chi connectivity index (χ1) is 8.17. The van der Waals surface area contributed by atoms with E-state index in [9.17, 15) is 9.59 Å². The quantitative estimate of drug-likeness (QED) is 0.603. The second kappa shape index (κ2) is 6.64. The van der Waals surface area contributed by atoms with Gasteiger partial charge in [-0.3, -0.25) is 9.59 Å². The Bertz CT molecular complexity index is 430. The normalized spacial score (nSPS) is 10.0. The summed E-state index contributed by atoms with van der Waals surface area (Å²) >= 11 is 0. The van der Waals surface area contributed by atoms with Crippen LogP contribution in [-0.2, 0) is 11.3 Å². The monoisotopic (exact) mass is 240 g/mol. The van der Waals surface area contributed by atoms with Crippen molar-refractivity contribution in [2.75, 3.05) is 20.2 Å². The molecule has 0 atom stereocenters. The Balaban J connectivity index is 2.66. The lowest BCUT2D eigenvalue weighted by Crippen LogP contribution is -2.31. The predicted octanol–water partition coefficient (Wildman–Crippen LogP) is -1.28. The van der Waals surface area contributed by atoms with Crippen LogP contribution in [0.1, 0.15) is 6.42 Å². The van der Waals surface area contributed by atoms with E-state index < -0.39 is 0 Å². The van der Waals surface area contributed by atoms with Crippen molar-refractivity contribution < 1.29 is 9.53 Å². The first-order valence-electron chi connectivity index (χ1n) is 5.28. The van der Waals surface area contributed by atoms with Gasteiger partial charge in [0, 0.05) is 13.1 Å². The smallest absolute Gasteiger partial charge is 0.270 e. The van der Waals surface area contributed by atoms with Crippen molar-refractivity contribution in [2.45, 2.75) is 13.0 Å². The molecule has 3 N–H and O–H groups in total. The van der Waals surface area contributed by atoms with Gasteiger partial charge in [-0.25, -0.2) is 4.68 Å². The van der Waals surface area contributed by atoms with Crippen LogP contribution in [0, 0.1) is 0 Å². The standard InChI is InChI=1S/C10H16N4O3/c1-12-9(15)7-14-10(16)5-8(6-13-14)17-4-2-3-11/h5-6H,2-4,7,11H2,1H3,(H,12,15). The van der Waals surface area contributed by atoms with E-state index in [0.29, 0.717) is 25.3 Å². The van der Waals surface area contributed by atoms with Gasteiger partial charge < -0.3 is 15.8 Å². The highest BCUT2D eigenvalue weighted by molar-refractivity contribution is 5.75. The highest BCUT2D eigenvalue weighted by atomic mass is 16.5. The van der Waals surface area contributed by atoms with Crippen LogP contribution in [0.2, 0.25) is 0 Å². The first-order valence-corrected chi connectivity index (χ1v) is 5.28. The molecule has 0 unspecified atom stereocenters. The van der Waals surface area contributed by atoms with E-state index >= 15 is 0 Å². The summed E-state index contributed by atoms with van der Waals surface area (Å²) in [7, 11) is 1.50. The lowest BCUT2D eigenvalue weighted by atomic mass is 10.4. The van der Waals surface area contributed by atoms with E-state index in [1.165, 1.54) is 19.3 Å². The number of nitrogens with two attached hydrogens (primary N) is 1. The Hall–Kier alpha value is -1.89. The highest BCUT2D eigenvalue weighted by Gasteiger charge is 2.04. The molecule has 1 aromatic heterocycles. The Labute approximate surface area is 98.6 Å². The molecule has 0 saturated heterocycles. The highest BCUT2D eigenvalue weighted by Crippen LogP contribution is 2.03. The summed E-state index contributed by atoms with van der Waals surface area (Å²) in [6, 6.07) is 1.30. The second-order valence-corrected chi connectivity index (χ2v) is 3.35. The second-order valence-electron chi connectivity index (χ2n) is 3.35. The molecule has 0 radical (unpaired) electrons. The number of nitrogens with one attached hydrogen (secondary N) is 1. The molecule has 7 nitrogen and oxygen atoms in total. The molecular formula is C10H16N4O3. The van der Waals surface area contributed by atoms with Gasteiger partial charge in [-0.1, -0.05) is 0 Å². The van der Waals surface area contributed by atoms with E-state index in [1.807, 2.05) is 0 Å². The summed E-state index contributed by atoms with van der Waals surface area (Å²) in [6.45, 7) is 0.872. The average molecular weight is 240 g/mol. The maximum absolute atomic E-state index is 11.5. The minimum atomic E-state index is -0.376. The average Bonchev–Trinajstić information content (AvgIpc) is 2.32. The third-order valence-corrected chi connectivity index (χ3v) is 2.03. The molecule has 1 heterocycles. The van der Waals surface area contributed by atoms with Crippen molar-refractivity contribution in [1.82, 2.24) is 15.1 Å². The number of carbonyl (C=O) groups is 1. The molecule has 1 aromatic rings. The summed E-state index contributed by atoms with van der Waals surface area (Å²) in [4.78, 5) is 22.6. The van der Waals surface area contributed by atoms with E-state index in [-0.39, 0.29) is 18.0 Å². The fraction of sp³-hybridized carbons (Fsp3) is 0.500. The molecule has 1 rings (SSSR count). The molecule has 0 fully saturated rings. The Kier molecular flexibility index (Phi) is 5.15. The summed E-state index contributed by atoms with van der Waals surface area (Å²) in [5.74, 6) is 0.105. The number of likely N-dealkylation sites (N-methyl/N-ethyl adjacent to an activating group) is 1. The largest absolute Gasteiger partial charge is 0.492 e. The van der Waals surface area contributed by atoms with Gasteiger partial charge in [0.1, 0.15) is 12.3 Å². The van der Waals surface area contributed by atoms with Gasteiger partial charge in [0.15, 0.2) is 0 Å². The molecule has 17 heavy (non-hydrogen) atoms. The molecule has 0 spiro atoms. The van der Waals surface area contributed by atoms with Crippen LogP contribution >= 0.6 is 0 Å².